The van der Waals surface area contributed by atoms with Gasteiger partial charge in [-0.15, -0.1) is 0 Å². The molecule has 0 aliphatic carbocycles. The third kappa shape index (κ3) is 4.32. The Morgan fingerprint density at radius 3 is 2.86 bits per heavy atom. The topological polar surface area (TPSA) is 73.6 Å². The van der Waals surface area contributed by atoms with Crippen molar-refractivity contribution < 1.29 is 14.4 Å². The number of nitro groups is 1. The summed E-state index contributed by atoms with van der Waals surface area (Å²) in [6.07, 6.45) is 2.80. The van der Waals surface area contributed by atoms with Crippen molar-refractivity contribution in [1.29, 1.82) is 0 Å². The molecule has 1 aliphatic rings. The predicted molar refractivity (Wildman–Crippen MR) is 80.9 cm³/mol. The van der Waals surface area contributed by atoms with Crippen molar-refractivity contribution in [2.24, 2.45) is 5.92 Å². The number of ether oxygens (including phenoxy) is 2. The van der Waals surface area contributed by atoms with Crippen LogP contribution in [0.2, 0.25) is 0 Å². The number of nitrogens with one attached hydrogen (secondary N) is 1. The Morgan fingerprint density at radius 1 is 1.43 bits per heavy atom. The Kier molecular flexibility index (Phi) is 5.80. The molecule has 116 valence electrons. The number of hydrogen-bond acceptors (Lipinski definition) is 5. The molecular weight excluding hydrogens is 272 g/mol. The first-order chi connectivity index (χ1) is 10.2. The summed E-state index contributed by atoms with van der Waals surface area (Å²) in [7, 11) is 0. The maximum absolute atomic E-state index is 11.3. The maximum atomic E-state index is 11.3. The van der Waals surface area contributed by atoms with Crippen LogP contribution in [0.5, 0.6) is 5.75 Å². The molecule has 1 heterocycles. The van der Waals surface area contributed by atoms with Crippen LogP contribution in [0.25, 0.3) is 0 Å². The van der Waals surface area contributed by atoms with E-state index in [4.69, 9.17) is 9.47 Å². The second-order valence-electron chi connectivity index (χ2n) is 5.19. The SMILES string of the molecule is CCCOc1cccc(NCC2CCOCC2)c1[N+](=O)[O-]. The highest BCUT2D eigenvalue weighted by Gasteiger charge is 2.22. The van der Waals surface area contributed by atoms with Gasteiger partial charge in [0, 0.05) is 19.8 Å². The average molecular weight is 294 g/mol. The Labute approximate surface area is 124 Å². The number of rotatable bonds is 7. The lowest BCUT2D eigenvalue weighted by Crippen LogP contribution is -2.22. The first-order valence-electron chi connectivity index (χ1n) is 7.44. The molecule has 0 saturated carbocycles. The second kappa shape index (κ2) is 7.83. The third-order valence-corrected chi connectivity index (χ3v) is 3.57. The summed E-state index contributed by atoms with van der Waals surface area (Å²) in [6, 6.07) is 5.16. The zero-order valence-electron chi connectivity index (χ0n) is 12.3. The number of nitrogens with zero attached hydrogens (tertiary/aromatic N) is 1. The molecule has 1 N–H and O–H groups in total. The summed E-state index contributed by atoms with van der Waals surface area (Å²) in [4.78, 5) is 10.9. The molecule has 21 heavy (non-hydrogen) atoms. The van der Waals surface area contributed by atoms with E-state index in [1.807, 2.05) is 6.92 Å². The van der Waals surface area contributed by atoms with E-state index in [-0.39, 0.29) is 10.6 Å². The molecule has 6 nitrogen and oxygen atoms in total. The smallest absolute Gasteiger partial charge is 0.333 e. The van der Waals surface area contributed by atoms with Gasteiger partial charge in [-0.05, 0) is 37.3 Å². The Balaban J connectivity index is 2.07. The molecule has 1 aromatic rings. The molecule has 0 spiro atoms. The van der Waals surface area contributed by atoms with Crippen LogP contribution in [0.15, 0.2) is 18.2 Å². The summed E-state index contributed by atoms with van der Waals surface area (Å²) in [6.45, 7) is 4.72. The molecule has 1 saturated heterocycles. The fourth-order valence-electron chi connectivity index (χ4n) is 2.39. The molecule has 0 aromatic heterocycles. The van der Waals surface area contributed by atoms with E-state index in [9.17, 15) is 10.1 Å². The molecule has 0 radical (unpaired) electrons. The summed E-state index contributed by atoms with van der Waals surface area (Å²) in [5, 5.41) is 14.5. The fourth-order valence-corrected chi connectivity index (χ4v) is 2.39. The van der Waals surface area contributed by atoms with Crippen LogP contribution < -0.4 is 10.1 Å². The quantitative estimate of drug-likeness (QED) is 0.617. The molecule has 0 bridgehead atoms. The van der Waals surface area contributed by atoms with E-state index < -0.39 is 0 Å². The van der Waals surface area contributed by atoms with E-state index >= 15 is 0 Å². The maximum Gasteiger partial charge on any atom is 0.333 e. The molecule has 1 fully saturated rings. The lowest BCUT2D eigenvalue weighted by Gasteiger charge is -2.22. The summed E-state index contributed by atoms with van der Waals surface area (Å²) < 4.78 is 10.8. The number of para-hydroxylation sites is 1. The highest BCUT2D eigenvalue weighted by molar-refractivity contribution is 5.68. The highest BCUT2D eigenvalue weighted by Crippen LogP contribution is 2.35. The fraction of sp³-hybridized carbons (Fsp3) is 0.600. The number of benzene rings is 1. The highest BCUT2D eigenvalue weighted by atomic mass is 16.6. The van der Waals surface area contributed by atoms with Gasteiger partial charge in [-0.25, -0.2) is 0 Å². The van der Waals surface area contributed by atoms with Crippen LogP contribution in [0.3, 0.4) is 0 Å². The molecule has 2 rings (SSSR count). The second-order valence-corrected chi connectivity index (χ2v) is 5.19. The van der Waals surface area contributed by atoms with Crippen molar-refractivity contribution in [3.05, 3.63) is 28.3 Å². The van der Waals surface area contributed by atoms with Gasteiger partial charge in [0.05, 0.1) is 11.5 Å². The van der Waals surface area contributed by atoms with Crippen molar-refractivity contribution in [1.82, 2.24) is 0 Å². The normalized spacial score (nSPS) is 15.7. The zero-order valence-corrected chi connectivity index (χ0v) is 12.3. The van der Waals surface area contributed by atoms with Crippen LogP contribution >= 0.6 is 0 Å². The average Bonchev–Trinajstić information content (AvgIpc) is 2.51. The van der Waals surface area contributed by atoms with Gasteiger partial charge >= 0.3 is 5.69 Å². The van der Waals surface area contributed by atoms with Crippen LogP contribution in [0, 0.1) is 16.0 Å². The van der Waals surface area contributed by atoms with Crippen LogP contribution in [0.1, 0.15) is 26.2 Å². The van der Waals surface area contributed by atoms with Crippen LogP contribution in [0.4, 0.5) is 11.4 Å². The van der Waals surface area contributed by atoms with E-state index in [2.05, 4.69) is 5.32 Å². The number of hydrogen-bond donors (Lipinski definition) is 1. The minimum absolute atomic E-state index is 0.0259. The Morgan fingerprint density at radius 2 is 2.19 bits per heavy atom. The number of anilines is 1. The van der Waals surface area contributed by atoms with Gasteiger partial charge in [-0.2, -0.15) is 0 Å². The zero-order chi connectivity index (χ0) is 15.1. The molecule has 6 heteroatoms. The lowest BCUT2D eigenvalue weighted by molar-refractivity contribution is -0.385. The largest absolute Gasteiger partial charge is 0.487 e. The summed E-state index contributed by atoms with van der Waals surface area (Å²) in [5.41, 5.74) is 0.554. The Bertz CT molecular complexity index is 473. The minimum atomic E-state index is -0.378. The van der Waals surface area contributed by atoms with Crippen molar-refractivity contribution in [2.75, 3.05) is 31.7 Å². The molecule has 0 unspecified atom stereocenters. The Hall–Kier alpha value is -1.82. The van der Waals surface area contributed by atoms with Crippen molar-refractivity contribution in [3.63, 3.8) is 0 Å². The van der Waals surface area contributed by atoms with Gasteiger partial charge in [0.1, 0.15) is 5.69 Å². The molecule has 1 aliphatic heterocycles. The van der Waals surface area contributed by atoms with Gasteiger partial charge in [0.2, 0.25) is 0 Å². The predicted octanol–water partition coefficient (Wildman–Crippen LogP) is 3.22. The van der Waals surface area contributed by atoms with Gasteiger partial charge in [-0.3, -0.25) is 10.1 Å². The summed E-state index contributed by atoms with van der Waals surface area (Å²) >= 11 is 0. The van der Waals surface area contributed by atoms with Gasteiger partial charge < -0.3 is 14.8 Å². The standard InChI is InChI=1S/C15H22N2O4/c1-2-8-21-14-5-3-4-13(15(14)17(18)19)16-11-12-6-9-20-10-7-12/h3-5,12,16H,2,6-11H2,1H3. The van der Waals surface area contributed by atoms with Gasteiger partial charge in [0.25, 0.3) is 0 Å². The third-order valence-electron chi connectivity index (χ3n) is 3.57. The van der Waals surface area contributed by atoms with Crippen molar-refractivity contribution >= 4 is 11.4 Å². The molecular formula is C15H22N2O4. The first kappa shape index (κ1) is 15.6. The van der Waals surface area contributed by atoms with Crippen LogP contribution in [-0.2, 0) is 4.74 Å². The monoisotopic (exact) mass is 294 g/mol. The van der Waals surface area contributed by atoms with E-state index in [1.165, 1.54) is 0 Å². The van der Waals surface area contributed by atoms with E-state index in [0.717, 1.165) is 39.0 Å². The van der Waals surface area contributed by atoms with E-state index in [0.29, 0.717) is 24.0 Å². The van der Waals surface area contributed by atoms with E-state index in [1.54, 1.807) is 18.2 Å². The minimum Gasteiger partial charge on any atom is -0.487 e. The number of nitro benzene ring substituents is 1. The van der Waals surface area contributed by atoms with Gasteiger partial charge in [-0.1, -0.05) is 13.0 Å². The van der Waals surface area contributed by atoms with Gasteiger partial charge in [0.15, 0.2) is 5.75 Å². The summed E-state index contributed by atoms with van der Waals surface area (Å²) in [5.74, 6) is 0.831. The van der Waals surface area contributed by atoms with Crippen molar-refractivity contribution in [3.8, 4) is 5.75 Å². The van der Waals surface area contributed by atoms with Crippen molar-refractivity contribution in [2.45, 2.75) is 26.2 Å². The first-order valence-corrected chi connectivity index (χ1v) is 7.44. The molecule has 1 aromatic carbocycles. The lowest BCUT2D eigenvalue weighted by atomic mass is 10.0. The molecule has 0 amide bonds. The molecule has 0 atom stereocenters. The van der Waals surface area contributed by atoms with Crippen LogP contribution in [-0.4, -0.2) is 31.3 Å².